The van der Waals surface area contributed by atoms with Gasteiger partial charge in [0.1, 0.15) is 10.9 Å². The van der Waals surface area contributed by atoms with Gasteiger partial charge < -0.3 is 4.74 Å². The van der Waals surface area contributed by atoms with Gasteiger partial charge in [-0.15, -0.1) is 11.3 Å². The zero-order valence-electron chi connectivity index (χ0n) is 13.5. The molecular weight excluding hydrogens is 294 g/mol. The van der Waals surface area contributed by atoms with E-state index in [4.69, 9.17) is 4.74 Å². The molecule has 1 aromatic heterocycles. The maximum absolute atomic E-state index is 12.0. The molecule has 0 amide bonds. The van der Waals surface area contributed by atoms with Gasteiger partial charge in [-0.25, -0.2) is 4.79 Å². The van der Waals surface area contributed by atoms with Gasteiger partial charge in [0.15, 0.2) is 0 Å². The van der Waals surface area contributed by atoms with E-state index in [0.29, 0.717) is 16.0 Å². The van der Waals surface area contributed by atoms with E-state index in [2.05, 4.69) is 26.8 Å². The number of nitriles is 1. The molecule has 0 saturated carbocycles. The first-order chi connectivity index (χ1) is 10.3. The Labute approximate surface area is 135 Å². The van der Waals surface area contributed by atoms with Crippen molar-refractivity contribution in [1.82, 2.24) is 0 Å². The fourth-order valence-electron chi connectivity index (χ4n) is 2.33. The van der Waals surface area contributed by atoms with Crippen LogP contribution in [-0.2, 0) is 10.2 Å². The van der Waals surface area contributed by atoms with Crippen LogP contribution in [-0.4, -0.2) is 13.1 Å². The lowest BCUT2D eigenvalue weighted by Crippen LogP contribution is -2.10. The van der Waals surface area contributed by atoms with E-state index in [9.17, 15) is 10.1 Å². The number of carbonyl (C=O) groups is 1. The van der Waals surface area contributed by atoms with E-state index < -0.39 is 5.97 Å². The molecule has 1 aromatic carbocycles. The minimum absolute atomic E-state index is 0.0618. The molecule has 2 rings (SSSR count). The van der Waals surface area contributed by atoms with Crippen LogP contribution >= 0.6 is 11.3 Å². The average molecular weight is 313 g/mol. The number of thiophene rings is 1. The molecule has 0 fully saturated rings. The molecule has 2 aromatic rings. The number of methoxy groups -OCH3 is 1. The Bertz CT molecular complexity index is 743. The molecule has 0 aliphatic rings. The lowest BCUT2D eigenvalue weighted by atomic mass is 9.86. The van der Waals surface area contributed by atoms with Crippen molar-refractivity contribution in [3.63, 3.8) is 0 Å². The van der Waals surface area contributed by atoms with E-state index in [1.807, 2.05) is 31.2 Å². The van der Waals surface area contributed by atoms with Crippen LogP contribution < -0.4 is 0 Å². The largest absolute Gasteiger partial charge is 0.465 e. The van der Waals surface area contributed by atoms with Gasteiger partial charge in [-0.05, 0) is 23.5 Å². The average Bonchev–Trinajstić information content (AvgIpc) is 2.82. The van der Waals surface area contributed by atoms with Crippen molar-refractivity contribution in [2.24, 2.45) is 0 Å². The van der Waals surface area contributed by atoms with Gasteiger partial charge in [0.05, 0.1) is 12.7 Å². The second-order valence-corrected chi connectivity index (χ2v) is 7.39. The summed E-state index contributed by atoms with van der Waals surface area (Å²) in [6.07, 6.45) is 0. The smallest absolute Gasteiger partial charge is 0.348 e. The first-order valence-electron chi connectivity index (χ1n) is 7.02. The Morgan fingerprint density at radius 1 is 1.23 bits per heavy atom. The highest BCUT2D eigenvalue weighted by atomic mass is 32.1. The zero-order chi connectivity index (χ0) is 16.5. The van der Waals surface area contributed by atoms with Crippen LogP contribution in [0.1, 0.15) is 46.4 Å². The molecule has 4 heteroatoms. The van der Waals surface area contributed by atoms with Crippen molar-refractivity contribution in [1.29, 1.82) is 5.26 Å². The summed E-state index contributed by atoms with van der Waals surface area (Å²) >= 11 is 1.31. The molecule has 0 unspecified atom stereocenters. The lowest BCUT2D eigenvalue weighted by Gasteiger charge is -2.19. The number of aryl methyl sites for hydroxylation is 1. The minimum atomic E-state index is -0.399. The van der Waals surface area contributed by atoms with Crippen LogP contribution in [0.5, 0.6) is 0 Å². The van der Waals surface area contributed by atoms with E-state index in [-0.39, 0.29) is 5.41 Å². The molecule has 3 nitrogen and oxygen atoms in total. The van der Waals surface area contributed by atoms with Crippen molar-refractivity contribution in [2.75, 3.05) is 7.11 Å². The van der Waals surface area contributed by atoms with Crippen molar-refractivity contribution < 1.29 is 9.53 Å². The normalized spacial score (nSPS) is 11.1. The fraction of sp³-hybridized carbons (Fsp3) is 0.333. The second-order valence-electron chi connectivity index (χ2n) is 6.17. The van der Waals surface area contributed by atoms with E-state index in [0.717, 1.165) is 10.4 Å². The van der Waals surface area contributed by atoms with E-state index in [1.54, 1.807) is 0 Å². The number of esters is 1. The highest BCUT2D eigenvalue weighted by molar-refractivity contribution is 7.14. The molecule has 0 radical (unpaired) electrons. The number of hydrogen-bond donors (Lipinski definition) is 0. The zero-order valence-corrected chi connectivity index (χ0v) is 14.3. The standard InChI is InChI=1S/C18H19NO2S/c1-11-14(10-19)15(16(22-11)17(20)21-5)12-6-8-13(9-7-12)18(2,3)4/h6-9H,1-5H3. The summed E-state index contributed by atoms with van der Waals surface area (Å²) in [5.41, 5.74) is 3.37. The maximum atomic E-state index is 12.0. The van der Waals surface area contributed by atoms with Crippen molar-refractivity contribution in [3.8, 4) is 17.2 Å². The Morgan fingerprint density at radius 3 is 2.27 bits per heavy atom. The predicted octanol–water partition coefficient (Wildman–Crippen LogP) is 4.68. The first kappa shape index (κ1) is 16.3. The third-order valence-corrected chi connectivity index (χ3v) is 4.69. The van der Waals surface area contributed by atoms with E-state index >= 15 is 0 Å². The summed E-state index contributed by atoms with van der Waals surface area (Å²) in [5, 5.41) is 9.42. The molecule has 114 valence electrons. The molecule has 0 atom stereocenters. The van der Waals surface area contributed by atoms with Gasteiger partial charge in [-0.2, -0.15) is 5.26 Å². The van der Waals surface area contributed by atoms with Crippen molar-refractivity contribution in [3.05, 3.63) is 45.1 Å². The Balaban J connectivity index is 2.61. The topological polar surface area (TPSA) is 50.1 Å². The van der Waals surface area contributed by atoms with Gasteiger partial charge in [-0.1, -0.05) is 45.0 Å². The predicted molar refractivity (Wildman–Crippen MR) is 89.2 cm³/mol. The molecule has 0 N–H and O–H groups in total. The third kappa shape index (κ3) is 2.90. The Kier molecular flexibility index (Phi) is 4.39. The summed E-state index contributed by atoms with van der Waals surface area (Å²) in [5.74, 6) is -0.399. The minimum Gasteiger partial charge on any atom is -0.465 e. The summed E-state index contributed by atoms with van der Waals surface area (Å²) in [4.78, 5) is 13.3. The van der Waals surface area contributed by atoms with E-state index in [1.165, 1.54) is 24.0 Å². The molecule has 0 aliphatic heterocycles. The molecule has 0 aliphatic carbocycles. The summed E-state index contributed by atoms with van der Waals surface area (Å²) in [6, 6.07) is 10.2. The number of rotatable bonds is 2. The van der Waals surface area contributed by atoms with Crippen LogP contribution in [0.3, 0.4) is 0 Å². The molecule has 1 heterocycles. The molecule has 0 spiro atoms. The highest BCUT2D eigenvalue weighted by Crippen LogP contribution is 2.37. The van der Waals surface area contributed by atoms with Gasteiger partial charge in [0, 0.05) is 10.4 Å². The van der Waals surface area contributed by atoms with Crippen LogP contribution in [0.15, 0.2) is 24.3 Å². The fourth-order valence-corrected chi connectivity index (χ4v) is 3.37. The molecular formula is C18H19NO2S. The maximum Gasteiger partial charge on any atom is 0.348 e. The van der Waals surface area contributed by atoms with Crippen LogP contribution in [0.4, 0.5) is 0 Å². The summed E-state index contributed by atoms with van der Waals surface area (Å²) < 4.78 is 4.85. The second kappa shape index (κ2) is 5.94. The third-order valence-electron chi connectivity index (χ3n) is 3.61. The van der Waals surface area contributed by atoms with Crippen molar-refractivity contribution in [2.45, 2.75) is 33.1 Å². The van der Waals surface area contributed by atoms with Gasteiger partial charge in [0.2, 0.25) is 0 Å². The quantitative estimate of drug-likeness (QED) is 0.756. The summed E-state index contributed by atoms with van der Waals surface area (Å²) in [6.45, 7) is 8.30. The number of ether oxygens (including phenoxy) is 1. The van der Waals surface area contributed by atoms with Gasteiger partial charge >= 0.3 is 5.97 Å². The van der Waals surface area contributed by atoms with Crippen LogP contribution in [0.2, 0.25) is 0 Å². The highest BCUT2D eigenvalue weighted by Gasteiger charge is 2.23. The number of hydrogen-bond acceptors (Lipinski definition) is 4. The molecule has 0 saturated heterocycles. The monoisotopic (exact) mass is 313 g/mol. The van der Waals surface area contributed by atoms with Gasteiger partial charge in [0.25, 0.3) is 0 Å². The van der Waals surface area contributed by atoms with Gasteiger partial charge in [-0.3, -0.25) is 0 Å². The molecule has 0 bridgehead atoms. The van der Waals surface area contributed by atoms with Crippen LogP contribution in [0.25, 0.3) is 11.1 Å². The number of nitrogens with zero attached hydrogens (tertiary/aromatic N) is 1. The summed E-state index contributed by atoms with van der Waals surface area (Å²) in [7, 11) is 1.36. The Morgan fingerprint density at radius 2 is 1.82 bits per heavy atom. The van der Waals surface area contributed by atoms with Crippen molar-refractivity contribution >= 4 is 17.3 Å². The molecule has 22 heavy (non-hydrogen) atoms. The first-order valence-corrected chi connectivity index (χ1v) is 7.84. The number of carbonyl (C=O) groups excluding carboxylic acids is 1. The van der Waals surface area contributed by atoms with Crippen LogP contribution in [0, 0.1) is 18.3 Å². The lowest BCUT2D eigenvalue weighted by molar-refractivity contribution is 0.0607. The number of benzene rings is 1. The SMILES string of the molecule is COC(=O)c1sc(C)c(C#N)c1-c1ccc(C(C)(C)C)cc1. The Hall–Kier alpha value is -2.12.